The van der Waals surface area contributed by atoms with Gasteiger partial charge in [0.25, 0.3) is 5.91 Å². The maximum atomic E-state index is 12.8. The van der Waals surface area contributed by atoms with E-state index in [9.17, 15) is 4.79 Å². The van der Waals surface area contributed by atoms with Crippen LogP contribution in [0.5, 0.6) is 11.6 Å². The number of ether oxygens (including phenoxy) is 1. The predicted molar refractivity (Wildman–Crippen MR) is 117 cm³/mol. The molecule has 0 radical (unpaired) electrons. The van der Waals surface area contributed by atoms with E-state index in [2.05, 4.69) is 26.0 Å². The summed E-state index contributed by atoms with van der Waals surface area (Å²) in [5.41, 5.74) is 3.03. The molecule has 1 aliphatic rings. The maximum absolute atomic E-state index is 12.8. The van der Waals surface area contributed by atoms with Crippen molar-refractivity contribution in [2.75, 3.05) is 11.1 Å². The van der Waals surface area contributed by atoms with E-state index < -0.39 is 0 Å². The number of fused-ring (bicyclic) bond motifs is 1. The summed E-state index contributed by atoms with van der Waals surface area (Å²) in [5, 5.41) is 3.97. The number of hydrogen-bond donors (Lipinski definition) is 1. The lowest BCUT2D eigenvalue weighted by Gasteiger charge is -2.10. The molecule has 0 spiro atoms. The van der Waals surface area contributed by atoms with E-state index in [1.807, 2.05) is 54.6 Å². The monoisotopic (exact) mass is 414 g/mol. The van der Waals surface area contributed by atoms with Crippen LogP contribution < -0.4 is 10.1 Å². The fourth-order valence-electron chi connectivity index (χ4n) is 3.22. The van der Waals surface area contributed by atoms with Gasteiger partial charge in [-0.25, -0.2) is 9.97 Å². The van der Waals surface area contributed by atoms with Crippen molar-refractivity contribution in [2.45, 2.75) is 11.7 Å². The van der Waals surface area contributed by atoms with E-state index in [4.69, 9.17) is 4.74 Å². The van der Waals surface area contributed by atoms with Crippen LogP contribution >= 0.6 is 11.8 Å². The number of carbonyl (C=O) groups is 1. The fourth-order valence-corrected chi connectivity index (χ4v) is 4.16. The summed E-state index contributed by atoms with van der Waals surface area (Å²) in [7, 11) is 0. The zero-order chi connectivity index (χ0) is 20.3. The number of aromatic nitrogens is 3. The smallest absolute Gasteiger partial charge is 0.261 e. The first kappa shape index (κ1) is 18.4. The van der Waals surface area contributed by atoms with Gasteiger partial charge in [0.2, 0.25) is 5.88 Å². The number of para-hydroxylation sites is 1. The molecule has 0 unspecified atom stereocenters. The zero-order valence-corrected chi connectivity index (χ0v) is 16.8. The van der Waals surface area contributed by atoms with Gasteiger partial charge in [-0.1, -0.05) is 42.1 Å². The van der Waals surface area contributed by atoms with E-state index in [1.165, 1.54) is 0 Å². The number of imidazole rings is 1. The molecule has 7 heteroatoms. The molecular formula is C23H18N4O2S. The molecule has 0 atom stereocenters. The van der Waals surface area contributed by atoms with Crippen LogP contribution in [-0.2, 0) is 6.54 Å². The molecule has 5 rings (SSSR count). The van der Waals surface area contributed by atoms with Gasteiger partial charge in [0.1, 0.15) is 11.3 Å². The molecule has 4 aromatic rings. The number of aryl methyl sites for hydroxylation is 1. The lowest BCUT2D eigenvalue weighted by molar-refractivity contribution is 0.102. The number of benzene rings is 2. The van der Waals surface area contributed by atoms with E-state index in [0.717, 1.165) is 28.7 Å². The van der Waals surface area contributed by atoms with Gasteiger partial charge >= 0.3 is 0 Å². The topological polar surface area (TPSA) is 69.0 Å². The van der Waals surface area contributed by atoms with Gasteiger partial charge in [-0.3, -0.25) is 4.79 Å². The fraction of sp³-hybridized carbons (Fsp3) is 0.0870. The number of hydrogen-bond acceptors (Lipinski definition) is 5. The van der Waals surface area contributed by atoms with Gasteiger partial charge in [-0.15, -0.1) is 0 Å². The summed E-state index contributed by atoms with van der Waals surface area (Å²) in [6, 6.07) is 20.4. The summed E-state index contributed by atoms with van der Waals surface area (Å²) in [6.45, 7) is 1.000. The minimum absolute atomic E-state index is 0.267. The lowest BCUT2D eigenvalue weighted by Crippen LogP contribution is -2.13. The van der Waals surface area contributed by atoms with Crippen LogP contribution in [0.25, 0.3) is 11.3 Å². The molecule has 2 aromatic carbocycles. The Balaban J connectivity index is 1.32. The normalized spacial score (nSPS) is 12.4. The third kappa shape index (κ3) is 3.79. The van der Waals surface area contributed by atoms with E-state index in [-0.39, 0.29) is 11.8 Å². The number of amides is 1. The summed E-state index contributed by atoms with van der Waals surface area (Å²) in [6.07, 6.45) is 3.68. The lowest BCUT2D eigenvalue weighted by atomic mass is 10.1. The first-order chi connectivity index (χ1) is 14.8. The number of pyridine rings is 1. The third-order valence-corrected chi connectivity index (χ3v) is 5.69. The predicted octanol–water partition coefficient (Wildman–Crippen LogP) is 5.10. The average molecular weight is 414 g/mol. The summed E-state index contributed by atoms with van der Waals surface area (Å²) in [4.78, 5) is 21.7. The van der Waals surface area contributed by atoms with Gasteiger partial charge < -0.3 is 14.6 Å². The molecule has 2 aromatic heterocycles. The van der Waals surface area contributed by atoms with Gasteiger partial charge in [0.05, 0.1) is 5.69 Å². The highest BCUT2D eigenvalue weighted by atomic mass is 32.2. The van der Waals surface area contributed by atoms with Crippen LogP contribution in [-0.4, -0.2) is 26.2 Å². The SMILES string of the molecule is O=C(Nc1ccc(-c2cn3c(n2)SCC3)cc1)c1cccnc1Oc1ccccc1. The maximum Gasteiger partial charge on any atom is 0.261 e. The molecule has 30 heavy (non-hydrogen) atoms. The van der Waals surface area contributed by atoms with Crippen LogP contribution in [0.15, 0.2) is 84.3 Å². The standard InChI is InChI=1S/C23H18N4O2S/c28-21(19-7-4-12-24-22(19)29-18-5-2-1-3-6-18)25-17-10-8-16(9-11-17)20-15-27-13-14-30-23(27)26-20/h1-12,15H,13-14H2,(H,25,28). The van der Waals surface area contributed by atoms with Crippen LogP contribution in [0.3, 0.4) is 0 Å². The van der Waals surface area contributed by atoms with Crippen LogP contribution in [0.2, 0.25) is 0 Å². The molecule has 0 aliphatic carbocycles. The Morgan fingerprint density at radius 3 is 2.67 bits per heavy atom. The zero-order valence-electron chi connectivity index (χ0n) is 16.0. The second kappa shape index (κ2) is 8.04. The first-order valence-electron chi connectivity index (χ1n) is 9.56. The van der Waals surface area contributed by atoms with Crippen molar-refractivity contribution in [1.29, 1.82) is 0 Å². The Labute approximate surface area is 177 Å². The summed E-state index contributed by atoms with van der Waals surface area (Å²) < 4.78 is 7.96. The second-order valence-corrected chi connectivity index (χ2v) is 7.82. The minimum Gasteiger partial charge on any atom is -0.438 e. The Hall–Kier alpha value is -3.58. The van der Waals surface area contributed by atoms with Gasteiger partial charge in [-0.2, -0.15) is 0 Å². The quantitative estimate of drug-likeness (QED) is 0.492. The molecule has 1 N–H and O–H groups in total. The van der Waals surface area contributed by atoms with Crippen LogP contribution in [0.1, 0.15) is 10.4 Å². The average Bonchev–Trinajstić information content (AvgIpc) is 3.38. The van der Waals surface area contributed by atoms with Gasteiger partial charge in [0.15, 0.2) is 5.16 Å². The van der Waals surface area contributed by atoms with Gasteiger partial charge in [0, 0.05) is 35.9 Å². The van der Waals surface area contributed by atoms with Crippen LogP contribution in [0.4, 0.5) is 5.69 Å². The molecular weight excluding hydrogens is 396 g/mol. The molecule has 148 valence electrons. The number of carbonyl (C=O) groups excluding carboxylic acids is 1. The summed E-state index contributed by atoms with van der Waals surface area (Å²) in [5.74, 6) is 1.69. The molecule has 1 aliphatic heterocycles. The number of nitrogens with one attached hydrogen (secondary N) is 1. The largest absolute Gasteiger partial charge is 0.438 e. The first-order valence-corrected chi connectivity index (χ1v) is 10.5. The molecule has 6 nitrogen and oxygen atoms in total. The van der Waals surface area contributed by atoms with E-state index in [0.29, 0.717) is 17.0 Å². The molecule has 0 bridgehead atoms. The summed E-state index contributed by atoms with van der Waals surface area (Å²) >= 11 is 1.77. The van der Waals surface area contributed by atoms with Crippen molar-refractivity contribution in [3.05, 3.63) is 84.7 Å². The molecule has 3 heterocycles. The van der Waals surface area contributed by atoms with E-state index in [1.54, 1.807) is 30.1 Å². The van der Waals surface area contributed by atoms with Crippen LogP contribution in [0, 0.1) is 0 Å². The molecule has 1 amide bonds. The molecule has 0 saturated carbocycles. The van der Waals surface area contributed by atoms with Crippen molar-refractivity contribution in [3.63, 3.8) is 0 Å². The van der Waals surface area contributed by atoms with Crippen molar-refractivity contribution in [3.8, 4) is 22.9 Å². The Kier molecular flexibility index (Phi) is 4.94. The number of anilines is 1. The molecule has 0 saturated heterocycles. The highest BCUT2D eigenvalue weighted by molar-refractivity contribution is 7.99. The van der Waals surface area contributed by atoms with Crippen molar-refractivity contribution in [2.24, 2.45) is 0 Å². The Morgan fingerprint density at radius 2 is 1.87 bits per heavy atom. The van der Waals surface area contributed by atoms with E-state index >= 15 is 0 Å². The highest BCUT2D eigenvalue weighted by Crippen LogP contribution is 2.29. The minimum atomic E-state index is -0.279. The third-order valence-electron chi connectivity index (χ3n) is 4.72. The number of nitrogens with zero attached hydrogens (tertiary/aromatic N) is 3. The second-order valence-electron chi connectivity index (χ2n) is 6.75. The van der Waals surface area contributed by atoms with Gasteiger partial charge in [-0.05, 0) is 36.4 Å². The number of rotatable bonds is 5. The van der Waals surface area contributed by atoms with Crippen molar-refractivity contribution in [1.82, 2.24) is 14.5 Å². The van der Waals surface area contributed by atoms with Crippen molar-refractivity contribution >= 4 is 23.4 Å². The highest BCUT2D eigenvalue weighted by Gasteiger charge is 2.16. The number of thioether (sulfide) groups is 1. The van der Waals surface area contributed by atoms with Crippen molar-refractivity contribution < 1.29 is 9.53 Å². The Bertz CT molecular complexity index is 1170. The molecule has 0 fully saturated rings. The Morgan fingerprint density at radius 1 is 1.03 bits per heavy atom.